The summed E-state index contributed by atoms with van der Waals surface area (Å²) in [5, 5.41) is 2.69. The third kappa shape index (κ3) is 8.57. The highest BCUT2D eigenvalue weighted by molar-refractivity contribution is 7.46. The van der Waals surface area contributed by atoms with Crippen molar-refractivity contribution in [3.05, 3.63) is 53.6 Å². The standard InChI is InChI=1S/C22H30NO6P/c1-3-4-5-6-7-8-15-28-20-13-10-18(11-14-20)22(24)23-19-12-9-17(2)21(16-19)29-30(25,26)27/h9-14,16H,3-8,15H2,1-2H3,(H,23,24)(H2,25,26,27). The highest BCUT2D eigenvalue weighted by Gasteiger charge is 2.18. The van der Waals surface area contributed by atoms with Gasteiger partial charge in [-0.15, -0.1) is 0 Å². The number of phosphoric acid groups is 1. The highest BCUT2D eigenvalue weighted by Crippen LogP contribution is 2.39. The molecule has 0 aliphatic rings. The fraction of sp³-hybridized carbons (Fsp3) is 0.409. The van der Waals surface area contributed by atoms with Crippen LogP contribution in [0.25, 0.3) is 0 Å². The van der Waals surface area contributed by atoms with E-state index in [1.165, 1.54) is 31.7 Å². The van der Waals surface area contributed by atoms with Crippen molar-refractivity contribution in [3.8, 4) is 11.5 Å². The van der Waals surface area contributed by atoms with Gasteiger partial charge in [0, 0.05) is 17.3 Å². The predicted molar refractivity (Wildman–Crippen MR) is 117 cm³/mol. The average molecular weight is 435 g/mol. The smallest absolute Gasteiger partial charge is 0.494 e. The lowest BCUT2D eigenvalue weighted by molar-refractivity contribution is 0.102. The summed E-state index contributed by atoms with van der Waals surface area (Å²) >= 11 is 0. The number of carbonyl (C=O) groups excluding carboxylic acids is 1. The quantitative estimate of drug-likeness (QED) is 0.302. The molecule has 0 atom stereocenters. The van der Waals surface area contributed by atoms with Gasteiger partial charge in [-0.2, -0.15) is 0 Å². The molecule has 0 spiro atoms. The second kappa shape index (κ2) is 11.7. The topological polar surface area (TPSA) is 105 Å². The minimum absolute atomic E-state index is 0.0135. The Kier molecular flexibility index (Phi) is 9.37. The molecule has 7 nitrogen and oxygen atoms in total. The van der Waals surface area contributed by atoms with Crippen molar-refractivity contribution in [3.63, 3.8) is 0 Å². The molecule has 164 valence electrons. The number of hydrogen-bond acceptors (Lipinski definition) is 4. The van der Waals surface area contributed by atoms with Crippen molar-refractivity contribution in [2.75, 3.05) is 11.9 Å². The number of benzene rings is 2. The maximum atomic E-state index is 12.4. The molecule has 0 unspecified atom stereocenters. The normalized spacial score (nSPS) is 11.2. The first-order chi connectivity index (χ1) is 14.3. The summed E-state index contributed by atoms with van der Waals surface area (Å²) in [6.07, 6.45) is 7.20. The Hall–Kier alpha value is -2.34. The van der Waals surface area contributed by atoms with Crippen LogP contribution in [0.5, 0.6) is 11.5 Å². The van der Waals surface area contributed by atoms with Crippen LogP contribution in [0.2, 0.25) is 0 Å². The van der Waals surface area contributed by atoms with Crippen molar-refractivity contribution in [2.45, 2.75) is 52.4 Å². The van der Waals surface area contributed by atoms with Crippen LogP contribution >= 0.6 is 7.82 Å². The Morgan fingerprint density at radius 3 is 2.33 bits per heavy atom. The molecule has 0 radical (unpaired) electrons. The van der Waals surface area contributed by atoms with Gasteiger partial charge in [-0.3, -0.25) is 14.6 Å². The molecule has 0 saturated carbocycles. The maximum absolute atomic E-state index is 12.4. The molecular weight excluding hydrogens is 405 g/mol. The molecule has 0 fully saturated rings. The summed E-state index contributed by atoms with van der Waals surface area (Å²) in [5.41, 5.74) is 1.36. The van der Waals surface area contributed by atoms with Crippen LogP contribution < -0.4 is 14.6 Å². The number of anilines is 1. The Balaban J connectivity index is 1.86. The van der Waals surface area contributed by atoms with Crippen molar-refractivity contribution < 1.29 is 28.4 Å². The van der Waals surface area contributed by atoms with E-state index in [0.717, 1.165) is 12.8 Å². The van der Waals surface area contributed by atoms with Gasteiger partial charge in [0.1, 0.15) is 11.5 Å². The van der Waals surface area contributed by atoms with Crippen LogP contribution in [-0.4, -0.2) is 22.3 Å². The van der Waals surface area contributed by atoms with E-state index in [-0.39, 0.29) is 11.7 Å². The van der Waals surface area contributed by atoms with Gasteiger partial charge in [-0.25, -0.2) is 4.57 Å². The number of hydrogen-bond donors (Lipinski definition) is 3. The largest absolute Gasteiger partial charge is 0.524 e. The van der Waals surface area contributed by atoms with E-state index in [4.69, 9.17) is 14.5 Å². The first-order valence-corrected chi connectivity index (χ1v) is 11.7. The Morgan fingerprint density at radius 2 is 1.67 bits per heavy atom. The lowest BCUT2D eigenvalue weighted by Crippen LogP contribution is -2.12. The van der Waals surface area contributed by atoms with Crippen molar-refractivity contribution in [1.29, 1.82) is 0 Å². The number of amides is 1. The predicted octanol–water partition coefficient (Wildman–Crippen LogP) is 5.46. The zero-order valence-corrected chi connectivity index (χ0v) is 18.4. The molecule has 30 heavy (non-hydrogen) atoms. The zero-order valence-electron chi connectivity index (χ0n) is 17.5. The molecule has 0 bridgehead atoms. The lowest BCUT2D eigenvalue weighted by atomic mass is 10.1. The molecule has 0 aliphatic heterocycles. The van der Waals surface area contributed by atoms with Gasteiger partial charge in [-0.1, -0.05) is 45.1 Å². The first-order valence-electron chi connectivity index (χ1n) is 10.2. The number of carbonyl (C=O) groups is 1. The first kappa shape index (κ1) is 23.9. The minimum atomic E-state index is -4.68. The number of rotatable bonds is 12. The van der Waals surface area contributed by atoms with Gasteiger partial charge in [0.05, 0.1) is 6.61 Å². The Bertz CT molecular complexity index is 862. The van der Waals surface area contributed by atoms with E-state index < -0.39 is 7.82 Å². The van der Waals surface area contributed by atoms with Gasteiger partial charge < -0.3 is 14.6 Å². The molecule has 2 rings (SSSR count). The molecule has 1 amide bonds. The van der Waals surface area contributed by atoms with Crippen LogP contribution in [0.15, 0.2) is 42.5 Å². The van der Waals surface area contributed by atoms with Crippen molar-refractivity contribution in [2.24, 2.45) is 0 Å². The molecule has 3 N–H and O–H groups in total. The van der Waals surface area contributed by atoms with Crippen LogP contribution in [0, 0.1) is 6.92 Å². The van der Waals surface area contributed by atoms with E-state index in [0.29, 0.717) is 29.2 Å². The molecule has 2 aromatic rings. The van der Waals surface area contributed by atoms with Gasteiger partial charge >= 0.3 is 7.82 Å². The van der Waals surface area contributed by atoms with Gasteiger partial charge in [-0.05, 0) is 49.2 Å². The van der Waals surface area contributed by atoms with Crippen molar-refractivity contribution >= 4 is 19.4 Å². The fourth-order valence-electron chi connectivity index (χ4n) is 2.88. The van der Waals surface area contributed by atoms with E-state index in [2.05, 4.69) is 16.8 Å². The molecular formula is C22H30NO6P. The fourth-order valence-corrected chi connectivity index (χ4v) is 3.34. The molecule has 2 aromatic carbocycles. The molecule has 8 heteroatoms. The van der Waals surface area contributed by atoms with E-state index in [1.807, 2.05) is 0 Å². The van der Waals surface area contributed by atoms with Gasteiger partial charge in [0.2, 0.25) is 0 Å². The lowest BCUT2D eigenvalue weighted by Gasteiger charge is -2.12. The summed E-state index contributed by atoms with van der Waals surface area (Å²) in [6.45, 7) is 4.51. The number of aryl methyl sites for hydroxylation is 1. The SMILES string of the molecule is CCCCCCCCOc1ccc(C(=O)Nc2ccc(C)c(OP(=O)(O)O)c2)cc1. The summed E-state index contributed by atoms with van der Waals surface area (Å²) in [4.78, 5) is 30.4. The van der Waals surface area contributed by atoms with Crippen LogP contribution in [0.4, 0.5) is 5.69 Å². The van der Waals surface area contributed by atoms with E-state index in [9.17, 15) is 9.36 Å². The second-order valence-electron chi connectivity index (χ2n) is 7.16. The number of nitrogens with one attached hydrogen (secondary N) is 1. The van der Waals surface area contributed by atoms with Gasteiger partial charge in [0.15, 0.2) is 0 Å². The van der Waals surface area contributed by atoms with Crippen LogP contribution in [0.1, 0.15) is 61.4 Å². The van der Waals surface area contributed by atoms with Gasteiger partial charge in [0.25, 0.3) is 5.91 Å². The van der Waals surface area contributed by atoms with Crippen LogP contribution in [0.3, 0.4) is 0 Å². The number of phosphoric ester groups is 1. The number of unbranched alkanes of at least 4 members (excludes halogenated alkanes) is 5. The summed E-state index contributed by atoms with van der Waals surface area (Å²) in [6, 6.07) is 11.5. The Labute approximate surface area is 177 Å². The summed E-state index contributed by atoms with van der Waals surface area (Å²) in [5.74, 6) is 0.385. The third-order valence-electron chi connectivity index (χ3n) is 4.55. The minimum Gasteiger partial charge on any atom is -0.494 e. The molecule has 0 heterocycles. The van der Waals surface area contributed by atoms with Crippen molar-refractivity contribution in [1.82, 2.24) is 0 Å². The highest BCUT2D eigenvalue weighted by atomic mass is 31.2. The van der Waals surface area contributed by atoms with E-state index >= 15 is 0 Å². The Morgan fingerprint density at radius 1 is 1.00 bits per heavy atom. The second-order valence-corrected chi connectivity index (χ2v) is 8.32. The zero-order chi connectivity index (χ0) is 22.0. The third-order valence-corrected chi connectivity index (χ3v) is 4.98. The average Bonchev–Trinajstić information content (AvgIpc) is 2.69. The summed E-state index contributed by atoms with van der Waals surface area (Å²) < 4.78 is 21.4. The number of ether oxygens (including phenoxy) is 1. The van der Waals surface area contributed by atoms with Crippen LogP contribution in [-0.2, 0) is 4.57 Å². The molecule has 0 aliphatic carbocycles. The van der Waals surface area contributed by atoms with E-state index in [1.54, 1.807) is 43.3 Å². The maximum Gasteiger partial charge on any atom is 0.524 e. The molecule has 0 saturated heterocycles. The monoisotopic (exact) mass is 435 g/mol. The molecule has 0 aromatic heterocycles. The summed E-state index contributed by atoms with van der Waals surface area (Å²) in [7, 11) is -4.68.